The van der Waals surface area contributed by atoms with Gasteiger partial charge >= 0.3 is 0 Å². The van der Waals surface area contributed by atoms with Gasteiger partial charge in [-0.05, 0) is 25.2 Å². The van der Waals surface area contributed by atoms with E-state index in [4.69, 9.17) is 10.3 Å². The van der Waals surface area contributed by atoms with Gasteiger partial charge in [-0.25, -0.2) is 0 Å². The van der Waals surface area contributed by atoms with Gasteiger partial charge in [0.15, 0.2) is 0 Å². The van der Waals surface area contributed by atoms with Crippen molar-refractivity contribution in [2.75, 3.05) is 0 Å². The maximum Gasteiger partial charge on any atom is 0.294 e. The van der Waals surface area contributed by atoms with Gasteiger partial charge in [-0.1, -0.05) is 22.5 Å². The third-order valence-electron chi connectivity index (χ3n) is 1.40. The predicted molar refractivity (Wildman–Crippen MR) is 60.5 cm³/mol. The molecule has 4 nitrogen and oxygen atoms in total. The molecule has 0 aromatic carbocycles. The van der Waals surface area contributed by atoms with Crippen LogP contribution in [0.25, 0.3) is 0 Å². The number of nitrogens with two attached hydrogens (primary N) is 1. The Hall–Kier alpha value is -0.590. The average molecular weight is 282 g/mol. The lowest BCUT2D eigenvalue weighted by Gasteiger charge is -2.01. The second kappa shape index (κ2) is 5.33. The fourth-order valence-electron chi connectivity index (χ4n) is 0.570. The van der Waals surface area contributed by atoms with E-state index in [1.165, 1.54) is 12.2 Å². The standard InChI is InChI=1S/C8H12BrNO3S/c1-3-7(14(11,12)13)4-5-8(10)6(2)9/h3-6H,1,10H2,2H3,(H,11,12,13)/b7-4+,8-5+. The van der Waals surface area contributed by atoms with E-state index in [9.17, 15) is 8.42 Å². The molecule has 0 aromatic rings. The normalized spacial score (nSPS) is 16.5. The first-order valence-electron chi connectivity index (χ1n) is 3.70. The first-order valence-corrected chi connectivity index (χ1v) is 6.06. The van der Waals surface area contributed by atoms with Crippen LogP contribution in [0, 0.1) is 0 Å². The topological polar surface area (TPSA) is 80.4 Å². The molecular weight excluding hydrogens is 270 g/mol. The molecule has 0 amide bonds. The van der Waals surface area contributed by atoms with Crippen LogP contribution in [0.4, 0.5) is 0 Å². The molecule has 0 aromatic heterocycles. The fraction of sp³-hybridized carbons (Fsp3) is 0.250. The summed E-state index contributed by atoms with van der Waals surface area (Å²) >= 11 is 3.20. The van der Waals surface area contributed by atoms with E-state index in [0.717, 1.165) is 6.08 Å². The molecule has 3 N–H and O–H groups in total. The molecule has 0 saturated carbocycles. The van der Waals surface area contributed by atoms with Crippen LogP contribution in [-0.4, -0.2) is 17.8 Å². The van der Waals surface area contributed by atoms with E-state index >= 15 is 0 Å². The van der Waals surface area contributed by atoms with Crippen molar-refractivity contribution in [3.63, 3.8) is 0 Å². The summed E-state index contributed by atoms with van der Waals surface area (Å²) in [5.74, 6) is 0. The number of alkyl halides is 1. The van der Waals surface area contributed by atoms with Crippen LogP contribution in [0.1, 0.15) is 6.92 Å². The third-order valence-corrected chi connectivity index (χ3v) is 2.83. The lowest BCUT2D eigenvalue weighted by Crippen LogP contribution is -2.07. The minimum absolute atomic E-state index is 0.0637. The van der Waals surface area contributed by atoms with Gasteiger partial charge < -0.3 is 5.73 Å². The molecule has 0 radical (unpaired) electrons. The van der Waals surface area contributed by atoms with Crippen molar-refractivity contribution in [2.45, 2.75) is 11.8 Å². The minimum atomic E-state index is -4.21. The van der Waals surface area contributed by atoms with Crippen molar-refractivity contribution in [2.24, 2.45) is 5.73 Å². The van der Waals surface area contributed by atoms with E-state index in [2.05, 4.69) is 22.5 Å². The Balaban J connectivity index is 5.00. The van der Waals surface area contributed by atoms with E-state index in [1.54, 1.807) is 6.92 Å². The maximum absolute atomic E-state index is 10.7. The maximum atomic E-state index is 10.7. The number of hydrogen-bond donors (Lipinski definition) is 2. The van der Waals surface area contributed by atoms with Crippen molar-refractivity contribution in [3.8, 4) is 0 Å². The summed E-state index contributed by atoms with van der Waals surface area (Å²) < 4.78 is 30.0. The summed E-state index contributed by atoms with van der Waals surface area (Å²) in [6, 6.07) is 0. The SMILES string of the molecule is C=C/C(=C\C=C(\N)C(C)Br)S(=O)(=O)O. The molecule has 0 bridgehead atoms. The lowest BCUT2D eigenvalue weighted by molar-refractivity contribution is 0.492. The highest BCUT2D eigenvalue weighted by molar-refractivity contribution is 9.09. The summed E-state index contributed by atoms with van der Waals surface area (Å²) in [6.45, 7) is 5.05. The molecule has 0 fully saturated rings. The Bertz CT molecular complexity index is 368. The molecule has 80 valence electrons. The van der Waals surface area contributed by atoms with Gasteiger partial charge in [-0.3, -0.25) is 4.55 Å². The monoisotopic (exact) mass is 281 g/mol. The number of hydrogen-bond acceptors (Lipinski definition) is 3. The number of allylic oxidation sites excluding steroid dienone is 4. The second-order valence-corrected chi connectivity index (χ2v) is 5.33. The van der Waals surface area contributed by atoms with Crippen LogP contribution in [-0.2, 0) is 10.1 Å². The smallest absolute Gasteiger partial charge is 0.294 e. The highest BCUT2D eigenvalue weighted by Crippen LogP contribution is 2.09. The molecule has 0 rings (SSSR count). The van der Waals surface area contributed by atoms with E-state index < -0.39 is 10.1 Å². The molecule has 14 heavy (non-hydrogen) atoms. The molecule has 0 heterocycles. The van der Waals surface area contributed by atoms with Crippen LogP contribution >= 0.6 is 15.9 Å². The van der Waals surface area contributed by atoms with Gasteiger partial charge in [0.05, 0.1) is 9.73 Å². The second-order valence-electron chi connectivity index (χ2n) is 2.53. The van der Waals surface area contributed by atoms with Gasteiger partial charge in [0, 0.05) is 5.70 Å². The van der Waals surface area contributed by atoms with Crippen molar-refractivity contribution < 1.29 is 13.0 Å². The van der Waals surface area contributed by atoms with E-state index in [1.807, 2.05) is 0 Å². The Morgan fingerprint density at radius 3 is 2.36 bits per heavy atom. The molecule has 0 aliphatic heterocycles. The van der Waals surface area contributed by atoms with Crippen LogP contribution in [0.3, 0.4) is 0 Å². The number of halogens is 1. The largest absolute Gasteiger partial charge is 0.401 e. The summed E-state index contributed by atoms with van der Waals surface area (Å²) in [6.07, 6.45) is 3.62. The Morgan fingerprint density at radius 1 is 1.57 bits per heavy atom. The van der Waals surface area contributed by atoms with Gasteiger partial charge in [0.25, 0.3) is 10.1 Å². The van der Waals surface area contributed by atoms with Gasteiger partial charge in [-0.2, -0.15) is 8.42 Å². The van der Waals surface area contributed by atoms with Crippen LogP contribution < -0.4 is 5.73 Å². The summed E-state index contributed by atoms with van der Waals surface area (Å²) in [7, 11) is -4.21. The fourth-order valence-corrected chi connectivity index (χ4v) is 1.17. The van der Waals surface area contributed by atoms with E-state index in [0.29, 0.717) is 5.70 Å². The summed E-state index contributed by atoms with van der Waals surface area (Å²) in [5.41, 5.74) is 5.97. The minimum Gasteiger partial charge on any atom is -0.401 e. The molecule has 6 heteroatoms. The van der Waals surface area contributed by atoms with Crippen LogP contribution in [0.5, 0.6) is 0 Å². The first kappa shape index (κ1) is 13.4. The first-order chi connectivity index (χ1) is 6.29. The molecule has 0 aliphatic rings. The average Bonchev–Trinajstić information content (AvgIpc) is 2.02. The zero-order valence-corrected chi connectivity index (χ0v) is 10.0. The quantitative estimate of drug-likeness (QED) is 0.466. The molecule has 0 aliphatic carbocycles. The van der Waals surface area contributed by atoms with Crippen molar-refractivity contribution in [1.29, 1.82) is 0 Å². The van der Waals surface area contributed by atoms with Crippen molar-refractivity contribution >= 4 is 26.0 Å². The highest BCUT2D eigenvalue weighted by Gasteiger charge is 2.08. The highest BCUT2D eigenvalue weighted by atomic mass is 79.9. The lowest BCUT2D eigenvalue weighted by atomic mass is 10.3. The Morgan fingerprint density at radius 2 is 2.07 bits per heavy atom. The van der Waals surface area contributed by atoms with Gasteiger partial charge in [0.1, 0.15) is 0 Å². The molecule has 1 unspecified atom stereocenters. The summed E-state index contributed by atoms with van der Waals surface area (Å²) in [4.78, 5) is -0.347. The molecular formula is C8H12BrNO3S. The van der Waals surface area contributed by atoms with Crippen LogP contribution in [0.15, 0.2) is 35.4 Å². The zero-order chi connectivity index (χ0) is 11.4. The predicted octanol–water partition coefficient (Wildman–Crippen LogP) is 1.57. The zero-order valence-electron chi connectivity index (χ0n) is 7.64. The van der Waals surface area contributed by atoms with Crippen molar-refractivity contribution in [3.05, 3.63) is 35.4 Å². The van der Waals surface area contributed by atoms with Gasteiger partial charge in [0.2, 0.25) is 0 Å². The van der Waals surface area contributed by atoms with Crippen molar-refractivity contribution in [1.82, 2.24) is 0 Å². The Kier molecular flexibility index (Phi) is 5.11. The molecule has 0 spiro atoms. The van der Waals surface area contributed by atoms with E-state index in [-0.39, 0.29) is 9.73 Å². The van der Waals surface area contributed by atoms with Crippen LogP contribution in [0.2, 0.25) is 0 Å². The summed E-state index contributed by atoms with van der Waals surface area (Å²) in [5, 5.41) is 0. The molecule has 0 saturated heterocycles. The third kappa shape index (κ3) is 4.59. The molecule has 1 atom stereocenters. The Labute approximate surface area is 92.1 Å². The number of rotatable bonds is 4. The van der Waals surface area contributed by atoms with Gasteiger partial charge in [-0.15, -0.1) is 0 Å².